The topological polar surface area (TPSA) is 0 Å². The Morgan fingerprint density at radius 2 is 0.897 bits per heavy atom. The molecular formula is C28H20Si. The number of fused-ring (bicyclic) bond motifs is 4. The summed E-state index contributed by atoms with van der Waals surface area (Å²) in [6.45, 7) is 0. The third-order valence-corrected chi connectivity index (χ3v) is 11.2. The first-order valence-corrected chi connectivity index (χ1v) is 12.1. The van der Waals surface area contributed by atoms with Crippen LogP contribution < -0.4 is 20.7 Å². The lowest BCUT2D eigenvalue weighted by atomic mass is 10.0. The van der Waals surface area contributed by atoms with E-state index in [4.69, 9.17) is 0 Å². The molecule has 0 saturated carbocycles. The van der Waals surface area contributed by atoms with Gasteiger partial charge in [0.15, 0.2) is 8.07 Å². The normalized spacial score (nSPS) is 13.8. The molecule has 0 amide bonds. The molecule has 0 nitrogen and oxygen atoms in total. The lowest BCUT2D eigenvalue weighted by molar-refractivity contribution is 1.70. The highest BCUT2D eigenvalue weighted by atomic mass is 28.3. The third-order valence-electron chi connectivity index (χ3n) is 6.32. The Morgan fingerprint density at radius 3 is 1.55 bits per heavy atom. The van der Waals surface area contributed by atoms with Crippen LogP contribution in [0.2, 0.25) is 0 Å². The van der Waals surface area contributed by atoms with E-state index in [-0.39, 0.29) is 0 Å². The highest BCUT2D eigenvalue weighted by molar-refractivity contribution is 7.22. The van der Waals surface area contributed by atoms with Crippen molar-refractivity contribution in [3.63, 3.8) is 0 Å². The van der Waals surface area contributed by atoms with Gasteiger partial charge in [-0.1, -0.05) is 115 Å². The second-order valence-electron chi connectivity index (χ2n) is 7.77. The molecule has 5 aromatic carbocycles. The van der Waals surface area contributed by atoms with Crippen molar-refractivity contribution >= 4 is 39.6 Å². The average molecular weight is 385 g/mol. The van der Waals surface area contributed by atoms with E-state index in [1.165, 1.54) is 42.6 Å². The summed E-state index contributed by atoms with van der Waals surface area (Å²) >= 11 is 0. The van der Waals surface area contributed by atoms with Gasteiger partial charge in [0, 0.05) is 0 Å². The molecule has 0 radical (unpaired) electrons. The lowest BCUT2D eigenvalue weighted by Gasteiger charge is -2.31. The number of benzene rings is 5. The largest absolute Gasteiger partial charge is 0.180 e. The first-order valence-electron chi connectivity index (χ1n) is 10.1. The van der Waals surface area contributed by atoms with Crippen LogP contribution in [-0.2, 0) is 0 Å². The summed E-state index contributed by atoms with van der Waals surface area (Å²) in [6, 6.07) is 45.0. The molecule has 29 heavy (non-hydrogen) atoms. The van der Waals surface area contributed by atoms with Gasteiger partial charge >= 0.3 is 0 Å². The molecule has 1 aliphatic rings. The Bertz CT molecular complexity index is 1300. The number of rotatable bonds is 2. The van der Waals surface area contributed by atoms with Crippen molar-refractivity contribution in [1.82, 2.24) is 0 Å². The van der Waals surface area contributed by atoms with Crippen molar-refractivity contribution in [2.75, 3.05) is 0 Å². The third kappa shape index (κ3) is 2.25. The van der Waals surface area contributed by atoms with Crippen molar-refractivity contribution in [2.45, 2.75) is 0 Å². The van der Waals surface area contributed by atoms with Gasteiger partial charge in [-0.3, -0.25) is 0 Å². The molecule has 0 N–H and O–H groups in total. The zero-order valence-corrected chi connectivity index (χ0v) is 17.0. The van der Waals surface area contributed by atoms with E-state index in [0.29, 0.717) is 0 Å². The van der Waals surface area contributed by atoms with Crippen LogP contribution in [0.4, 0.5) is 0 Å². The van der Waals surface area contributed by atoms with Crippen molar-refractivity contribution in [3.05, 3.63) is 121 Å². The summed E-state index contributed by atoms with van der Waals surface area (Å²) in [6.07, 6.45) is 0. The summed E-state index contributed by atoms with van der Waals surface area (Å²) in [5, 5.41) is 8.55. The van der Waals surface area contributed by atoms with Gasteiger partial charge in [-0.15, -0.1) is 0 Å². The Morgan fingerprint density at radius 1 is 0.379 bits per heavy atom. The van der Waals surface area contributed by atoms with Crippen molar-refractivity contribution in [2.24, 2.45) is 0 Å². The molecule has 0 spiro atoms. The molecular weight excluding hydrogens is 364 g/mol. The van der Waals surface area contributed by atoms with Crippen LogP contribution in [0.5, 0.6) is 0 Å². The number of hydrogen-bond acceptors (Lipinski definition) is 0. The van der Waals surface area contributed by atoms with Crippen LogP contribution in [0.3, 0.4) is 0 Å². The van der Waals surface area contributed by atoms with E-state index in [1.807, 2.05) is 0 Å². The zero-order valence-electron chi connectivity index (χ0n) is 16.0. The fourth-order valence-electron chi connectivity index (χ4n) is 5.13. The molecule has 1 heterocycles. The van der Waals surface area contributed by atoms with Gasteiger partial charge < -0.3 is 0 Å². The van der Waals surface area contributed by atoms with Gasteiger partial charge in [0.1, 0.15) is 0 Å². The zero-order chi connectivity index (χ0) is 19.3. The fraction of sp³-hybridized carbons (Fsp3) is 0. The van der Waals surface area contributed by atoms with E-state index in [1.54, 1.807) is 0 Å². The summed E-state index contributed by atoms with van der Waals surface area (Å²) in [5.41, 5.74) is 2.80. The molecule has 0 bridgehead atoms. The molecule has 1 aliphatic heterocycles. The Labute approximate surface area is 172 Å². The van der Waals surface area contributed by atoms with Crippen molar-refractivity contribution in [1.29, 1.82) is 0 Å². The van der Waals surface area contributed by atoms with Gasteiger partial charge in [-0.25, -0.2) is 0 Å². The molecule has 136 valence electrons. The van der Waals surface area contributed by atoms with E-state index >= 15 is 0 Å². The summed E-state index contributed by atoms with van der Waals surface area (Å²) in [5.74, 6) is 0. The van der Waals surface area contributed by atoms with Crippen LogP contribution >= 0.6 is 0 Å². The predicted octanol–water partition coefficient (Wildman–Crippen LogP) is 4.20. The Kier molecular flexibility index (Phi) is 3.59. The molecule has 0 aliphatic carbocycles. The van der Waals surface area contributed by atoms with Crippen LogP contribution in [0.1, 0.15) is 0 Å². The highest BCUT2D eigenvalue weighted by Crippen LogP contribution is 2.31. The minimum Gasteiger partial charge on any atom is -0.0623 e. The monoisotopic (exact) mass is 384 g/mol. The Balaban J connectivity index is 1.83. The van der Waals surface area contributed by atoms with E-state index in [2.05, 4.69) is 121 Å². The second-order valence-corrected chi connectivity index (χ2v) is 11.5. The van der Waals surface area contributed by atoms with Crippen LogP contribution in [0.15, 0.2) is 121 Å². The Hall–Kier alpha value is -3.42. The van der Waals surface area contributed by atoms with Gasteiger partial charge in [0.05, 0.1) is 0 Å². The molecule has 1 heteroatoms. The van der Waals surface area contributed by atoms with Gasteiger partial charge in [-0.05, 0) is 48.7 Å². The van der Waals surface area contributed by atoms with Gasteiger partial charge in [0.25, 0.3) is 0 Å². The molecule has 0 fully saturated rings. The molecule has 0 saturated heterocycles. The van der Waals surface area contributed by atoms with Crippen LogP contribution in [0.25, 0.3) is 21.9 Å². The smallest absolute Gasteiger partial charge is 0.0623 e. The molecule has 0 unspecified atom stereocenters. The molecule has 0 aromatic heterocycles. The summed E-state index contributed by atoms with van der Waals surface area (Å²) < 4.78 is 0. The van der Waals surface area contributed by atoms with E-state index < -0.39 is 8.07 Å². The quantitative estimate of drug-likeness (QED) is 0.393. The SMILES string of the molecule is c1ccc([Si]2(c3ccccc3)c3ccccc3-c3cc4ccccc4cc32)cc1. The minimum atomic E-state index is -2.34. The lowest BCUT2D eigenvalue weighted by Crippen LogP contribution is -2.72. The average Bonchev–Trinajstić information content (AvgIpc) is 3.09. The highest BCUT2D eigenvalue weighted by Gasteiger charge is 2.48. The predicted molar refractivity (Wildman–Crippen MR) is 127 cm³/mol. The van der Waals surface area contributed by atoms with Crippen LogP contribution in [-0.4, -0.2) is 8.07 Å². The molecule has 0 atom stereocenters. The fourth-order valence-corrected chi connectivity index (χ4v) is 10.3. The van der Waals surface area contributed by atoms with E-state index in [9.17, 15) is 0 Å². The first kappa shape index (κ1) is 16.5. The van der Waals surface area contributed by atoms with E-state index in [0.717, 1.165) is 0 Å². The maximum atomic E-state index is 2.47. The maximum Gasteiger partial charge on any atom is 0.180 e. The van der Waals surface area contributed by atoms with Crippen molar-refractivity contribution in [3.8, 4) is 11.1 Å². The summed E-state index contributed by atoms with van der Waals surface area (Å²) in [4.78, 5) is 0. The van der Waals surface area contributed by atoms with Crippen molar-refractivity contribution < 1.29 is 0 Å². The van der Waals surface area contributed by atoms with Gasteiger partial charge in [-0.2, -0.15) is 0 Å². The maximum absolute atomic E-state index is 2.47. The first-order chi connectivity index (χ1) is 14.4. The second kappa shape index (κ2) is 6.30. The summed E-state index contributed by atoms with van der Waals surface area (Å²) in [7, 11) is -2.34. The molecule has 6 rings (SSSR count). The van der Waals surface area contributed by atoms with Crippen LogP contribution in [0, 0.1) is 0 Å². The number of hydrogen-bond donors (Lipinski definition) is 0. The standard InChI is InChI=1S/C28H20Si/c1-3-13-23(14-4-1)29(24-15-5-2-6-16-24)27-18-10-9-17-25(27)26-19-21-11-7-8-12-22(21)20-28(26)29/h1-20H. The molecule has 5 aromatic rings. The minimum absolute atomic E-state index is 1.31. The van der Waals surface area contributed by atoms with Gasteiger partial charge in [0.2, 0.25) is 0 Å².